The molecule has 1 aliphatic rings. The van der Waals surface area contributed by atoms with Crippen molar-refractivity contribution in [1.82, 2.24) is 4.90 Å². The van der Waals surface area contributed by atoms with Gasteiger partial charge in [-0.15, -0.1) is 0 Å². The summed E-state index contributed by atoms with van der Waals surface area (Å²) >= 11 is 0. The molecule has 0 saturated carbocycles. The molecule has 0 atom stereocenters. The van der Waals surface area contributed by atoms with E-state index in [2.05, 4.69) is 10.2 Å². The van der Waals surface area contributed by atoms with Gasteiger partial charge in [-0.3, -0.25) is 14.9 Å². The lowest BCUT2D eigenvalue weighted by molar-refractivity contribution is -0.383. The summed E-state index contributed by atoms with van der Waals surface area (Å²) in [5, 5.41) is 24.3. The monoisotopic (exact) mass is 418 g/mol. The van der Waals surface area contributed by atoms with Gasteiger partial charge in [0, 0.05) is 55.2 Å². The number of piperazine rings is 1. The first-order chi connectivity index (χ1) is 15.0. The highest BCUT2D eigenvalue weighted by molar-refractivity contribution is 5.96. The second kappa shape index (κ2) is 8.74. The average molecular weight is 418 g/mol. The lowest BCUT2D eigenvalue weighted by atomic mass is 10.1. The van der Waals surface area contributed by atoms with Gasteiger partial charge in [0.1, 0.15) is 11.4 Å². The third-order valence-electron chi connectivity index (χ3n) is 5.26. The number of phenols is 1. The Morgan fingerprint density at radius 3 is 2.35 bits per heavy atom. The molecule has 8 heteroatoms. The van der Waals surface area contributed by atoms with E-state index in [4.69, 9.17) is 0 Å². The van der Waals surface area contributed by atoms with Gasteiger partial charge >= 0.3 is 0 Å². The molecule has 0 aromatic heterocycles. The number of phenolic OH excluding ortho intramolecular Hbond substituents is 1. The Kier molecular flexibility index (Phi) is 5.70. The van der Waals surface area contributed by atoms with Crippen molar-refractivity contribution < 1.29 is 14.8 Å². The van der Waals surface area contributed by atoms with E-state index < -0.39 is 4.92 Å². The maximum absolute atomic E-state index is 13.0. The summed E-state index contributed by atoms with van der Waals surface area (Å²) < 4.78 is 0. The molecule has 1 heterocycles. The van der Waals surface area contributed by atoms with Crippen LogP contribution in [0.4, 0.5) is 22.7 Å². The van der Waals surface area contributed by atoms with Crippen molar-refractivity contribution in [3.63, 3.8) is 0 Å². The number of nitro groups is 1. The van der Waals surface area contributed by atoms with Crippen molar-refractivity contribution >= 4 is 28.7 Å². The van der Waals surface area contributed by atoms with Gasteiger partial charge in [0.2, 0.25) is 0 Å². The number of benzene rings is 3. The first-order valence-corrected chi connectivity index (χ1v) is 9.95. The molecule has 3 aromatic rings. The molecule has 0 bridgehead atoms. The van der Waals surface area contributed by atoms with Crippen LogP contribution in [0.1, 0.15) is 10.4 Å². The smallest absolute Gasteiger partial charge is 0.293 e. The maximum atomic E-state index is 13.0. The van der Waals surface area contributed by atoms with Crippen LogP contribution in [0.2, 0.25) is 0 Å². The summed E-state index contributed by atoms with van der Waals surface area (Å²) in [6, 6.07) is 20.7. The number of para-hydroxylation sites is 1. The van der Waals surface area contributed by atoms with Crippen LogP contribution in [0, 0.1) is 10.1 Å². The van der Waals surface area contributed by atoms with Crippen LogP contribution < -0.4 is 10.2 Å². The average Bonchev–Trinajstić information content (AvgIpc) is 2.79. The van der Waals surface area contributed by atoms with Crippen LogP contribution in [-0.2, 0) is 0 Å². The van der Waals surface area contributed by atoms with E-state index in [0.717, 1.165) is 11.4 Å². The number of nitro benzene ring substituents is 1. The van der Waals surface area contributed by atoms with Crippen LogP contribution in [0.25, 0.3) is 0 Å². The minimum absolute atomic E-state index is 0.145. The van der Waals surface area contributed by atoms with Gasteiger partial charge in [0.15, 0.2) is 0 Å². The SMILES string of the molecule is O=C(c1ccc(Nc2ccccc2)c([N+](=O)[O-])c1)N1CCN(c2cccc(O)c2)CC1. The second-order valence-electron chi connectivity index (χ2n) is 7.28. The van der Waals surface area contributed by atoms with E-state index in [1.807, 2.05) is 36.4 Å². The molecule has 1 fully saturated rings. The number of hydrogen-bond donors (Lipinski definition) is 2. The van der Waals surface area contributed by atoms with Crippen LogP contribution >= 0.6 is 0 Å². The zero-order valence-electron chi connectivity index (χ0n) is 16.8. The molecule has 0 spiro atoms. The van der Waals surface area contributed by atoms with E-state index in [9.17, 15) is 20.0 Å². The molecule has 4 rings (SSSR count). The van der Waals surface area contributed by atoms with Crippen LogP contribution in [-0.4, -0.2) is 47.0 Å². The lowest BCUT2D eigenvalue weighted by Crippen LogP contribution is -2.48. The number of amides is 1. The minimum atomic E-state index is -0.484. The highest BCUT2D eigenvalue weighted by Crippen LogP contribution is 2.29. The molecule has 158 valence electrons. The first kappa shape index (κ1) is 20.2. The molecule has 8 nitrogen and oxygen atoms in total. The zero-order chi connectivity index (χ0) is 21.8. The normalized spacial score (nSPS) is 13.7. The molecular formula is C23H22N4O4. The number of nitrogens with one attached hydrogen (secondary N) is 1. The predicted molar refractivity (Wildman–Crippen MR) is 119 cm³/mol. The Morgan fingerprint density at radius 2 is 1.68 bits per heavy atom. The van der Waals surface area contributed by atoms with Crippen molar-refractivity contribution in [2.75, 3.05) is 36.4 Å². The highest BCUT2D eigenvalue weighted by atomic mass is 16.6. The standard InChI is InChI=1S/C23H22N4O4/c28-20-8-4-7-19(16-20)25-11-13-26(14-12-25)23(29)17-9-10-21(22(15-17)27(30)31)24-18-5-2-1-3-6-18/h1-10,15-16,24,28H,11-14H2. The fraction of sp³-hybridized carbons (Fsp3) is 0.174. The number of aromatic hydroxyl groups is 1. The second-order valence-corrected chi connectivity index (χ2v) is 7.28. The molecule has 0 unspecified atom stereocenters. The Bertz CT molecular complexity index is 1100. The molecule has 0 aliphatic carbocycles. The third kappa shape index (κ3) is 4.58. The molecular weight excluding hydrogens is 396 g/mol. The molecule has 0 radical (unpaired) electrons. The highest BCUT2D eigenvalue weighted by Gasteiger charge is 2.25. The van der Waals surface area contributed by atoms with Gasteiger partial charge in [0.05, 0.1) is 4.92 Å². The van der Waals surface area contributed by atoms with Gasteiger partial charge < -0.3 is 20.2 Å². The predicted octanol–water partition coefficient (Wildman–Crippen LogP) is 4.01. The van der Waals surface area contributed by atoms with Crippen molar-refractivity contribution in [1.29, 1.82) is 0 Å². The van der Waals surface area contributed by atoms with E-state index in [1.165, 1.54) is 6.07 Å². The largest absolute Gasteiger partial charge is 0.508 e. The summed E-state index contributed by atoms with van der Waals surface area (Å²) in [5.41, 5.74) is 2.11. The van der Waals surface area contributed by atoms with E-state index in [0.29, 0.717) is 31.9 Å². The van der Waals surface area contributed by atoms with Gasteiger partial charge in [-0.2, -0.15) is 0 Å². The van der Waals surface area contributed by atoms with Crippen molar-refractivity contribution in [2.45, 2.75) is 0 Å². The van der Waals surface area contributed by atoms with Crippen LogP contribution in [0.15, 0.2) is 72.8 Å². The Labute approximate surface area is 179 Å². The summed E-state index contributed by atoms with van der Waals surface area (Å²) in [6.07, 6.45) is 0. The number of nitrogens with zero attached hydrogens (tertiary/aromatic N) is 3. The Hall–Kier alpha value is -4.07. The van der Waals surface area contributed by atoms with Crippen molar-refractivity contribution in [2.24, 2.45) is 0 Å². The Morgan fingerprint density at radius 1 is 0.935 bits per heavy atom. The number of hydrogen-bond acceptors (Lipinski definition) is 6. The van der Waals surface area contributed by atoms with Gasteiger partial charge in [0.25, 0.3) is 11.6 Å². The maximum Gasteiger partial charge on any atom is 0.293 e. The molecule has 31 heavy (non-hydrogen) atoms. The third-order valence-corrected chi connectivity index (χ3v) is 5.26. The quantitative estimate of drug-likeness (QED) is 0.480. The molecule has 1 amide bonds. The number of carbonyl (C=O) groups is 1. The van der Waals surface area contributed by atoms with E-state index in [-0.39, 0.29) is 22.9 Å². The van der Waals surface area contributed by atoms with Gasteiger partial charge in [-0.05, 0) is 36.4 Å². The number of carbonyl (C=O) groups excluding carboxylic acids is 1. The topological polar surface area (TPSA) is 98.9 Å². The minimum Gasteiger partial charge on any atom is -0.508 e. The molecule has 3 aromatic carbocycles. The summed E-state index contributed by atoms with van der Waals surface area (Å²) in [6.45, 7) is 2.22. The van der Waals surface area contributed by atoms with Gasteiger partial charge in [-0.25, -0.2) is 0 Å². The fourth-order valence-corrected chi connectivity index (χ4v) is 3.64. The first-order valence-electron chi connectivity index (χ1n) is 9.95. The Balaban J connectivity index is 1.47. The zero-order valence-corrected chi connectivity index (χ0v) is 16.8. The van der Waals surface area contributed by atoms with E-state index in [1.54, 1.807) is 35.2 Å². The van der Waals surface area contributed by atoms with E-state index >= 15 is 0 Å². The summed E-state index contributed by atoms with van der Waals surface area (Å²) in [4.78, 5) is 27.9. The van der Waals surface area contributed by atoms with Crippen LogP contribution in [0.5, 0.6) is 5.75 Å². The lowest BCUT2D eigenvalue weighted by Gasteiger charge is -2.36. The fourth-order valence-electron chi connectivity index (χ4n) is 3.64. The number of anilines is 3. The number of rotatable bonds is 5. The van der Waals surface area contributed by atoms with Crippen molar-refractivity contribution in [3.8, 4) is 5.75 Å². The van der Waals surface area contributed by atoms with Crippen molar-refractivity contribution in [3.05, 3.63) is 88.5 Å². The summed E-state index contributed by atoms with van der Waals surface area (Å²) in [7, 11) is 0. The van der Waals surface area contributed by atoms with Gasteiger partial charge in [-0.1, -0.05) is 24.3 Å². The summed E-state index contributed by atoms with van der Waals surface area (Å²) in [5.74, 6) is -0.0302. The van der Waals surface area contributed by atoms with Crippen LogP contribution in [0.3, 0.4) is 0 Å². The molecule has 2 N–H and O–H groups in total. The molecule has 1 aliphatic heterocycles. The molecule has 1 saturated heterocycles.